The summed E-state index contributed by atoms with van der Waals surface area (Å²) in [4.78, 5) is 0. The molecule has 0 spiro atoms. The third-order valence-corrected chi connectivity index (χ3v) is 3.38. The van der Waals surface area contributed by atoms with Crippen LogP contribution < -0.4 is 5.32 Å². The van der Waals surface area contributed by atoms with Crippen LogP contribution in [0.15, 0.2) is 18.2 Å². The quantitative estimate of drug-likeness (QED) is 0.861. The number of aliphatic hydroxyl groups is 1. The molecule has 1 fully saturated rings. The average molecular weight is 248 g/mol. The van der Waals surface area contributed by atoms with E-state index in [0.29, 0.717) is 12.1 Å². The maximum Gasteiger partial charge on any atom is 0.124 e. The van der Waals surface area contributed by atoms with Crippen LogP contribution in [0, 0.1) is 17.1 Å². The van der Waals surface area contributed by atoms with Gasteiger partial charge in [0.2, 0.25) is 0 Å². The van der Waals surface area contributed by atoms with Crippen molar-refractivity contribution in [3.8, 4) is 6.07 Å². The van der Waals surface area contributed by atoms with Gasteiger partial charge in [0.15, 0.2) is 0 Å². The number of halogens is 1. The number of nitrogens with one attached hydrogen (secondary N) is 1. The molecule has 2 N–H and O–H groups in total. The molecule has 0 amide bonds. The van der Waals surface area contributed by atoms with Crippen LogP contribution in [-0.4, -0.2) is 17.3 Å². The van der Waals surface area contributed by atoms with Crippen LogP contribution >= 0.6 is 0 Å². The molecule has 1 saturated carbocycles. The van der Waals surface area contributed by atoms with E-state index in [2.05, 4.69) is 5.32 Å². The lowest BCUT2D eigenvalue weighted by Gasteiger charge is -2.28. The van der Waals surface area contributed by atoms with Gasteiger partial charge in [-0.15, -0.1) is 0 Å². The maximum absolute atomic E-state index is 13.2. The highest BCUT2D eigenvalue weighted by molar-refractivity contribution is 5.33. The average Bonchev–Trinajstić information content (AvgIpc) is 2.37. The van der Waals surface area contributed by atoms with Gasteiger partial charge in [0.05, 0.1) is 17.7 Å². The van der Waals surface area contributed by atoms with E-state index < -0.39 is 5.82 Å². The molecule has 1 aromatic carbocycles. The van der Waals surface area contributed by atoms with Gasteiger partial charge in [-0.3, -0.25) is 0 Å². The van der Waals surface area contributed by atoms with E-state index in [1.165, 1.54) is 12.1 Å². The predicted octanol–water partition coefficient (Wildman–Crippen LogP) is 2.09. The molecule has 2 rings (SSSR count). The summed E-state index contributed by atoms with van der Waals surface area (Å²) in [5.74, 6) is -0.393. The van der Waals surface area contributed by atoms with E-state index in [4.69, 9.17) is 5.26 Å². The fraction of sp³-hybridized carbons (Fsp3) is 0.500. The molecule has 2 atom stereocenters. The summed E-state index contributed by atoms with van der Waals surface area (Å²) in [6.07, 6.45) is 3.63. The molecule has 0 saturated heterocycles. The van der Waals surface area contributed by atoms with Crippen molar-refractivity contribution in [3.63, 3.8) is 0 Å². The number of hydrogen-bond donors (Lipinski definition) is 2. The Morgan fingerprint density at radius 2 is 2.11 bits per heavy atom. The lowest BCUT2D eigenvalue weighted by molar-refractivity contribution is 0.0902. The van der Waals surface area contributed by atoms with Crippen LogP contribution in [-0.2, 0) is 6.54 Å². The Balaban J connectivity index is 1.97. The predicted molar refractivity (Wildman–Crippen MR) is 66.2 cm³/mol. The molecule has 0 aromatic heterocycles. The number of nitriles is 1. The summed E-state index contributed by atoms with van der Waals surface area (Å²) < 4.78 is 13.2. The van der Waals surface area contributed by atoms with Crippen LogP contribution in [0.4, 0.5) is 4.39 Å². The zero-order valence-corrected chi connectivity index (χ0v) is 10.2. The third-order valence-electron chi connectivity index (χ3n) is 3.38. The standard InChI is InChI=1S/C14H17FN2O/c15-12-6-10(8-16)5-11(7-12)9-17-13-3-1-2-4-14(13)18/h5-7,13-14,17-18H,1-4,9H2. The number of nitrogens with zero attached hydrogens (tertiary/aromatic N) is 1. The van der Waals surface area contributed by atoms with Gasteiger partial charge >= 0.3 is 0 Å². The second kappa shape index (κ2) is 5.94. The second-order valence-corrected chi connectivity index (χ2v) is 4.80. The Labute approximate surface area is 106 Å². The van der Waals surface area contributed by atoms with Crippen molar-refractivity contribution in [3.05, 3.63) is 35.1 Å². The zero-order valence-electron chi connectivity index (χ0n) is 10.2. The van der Waals surface area contributed by atoms with Crippen LogP contribution in [0.25, 0.3) is 0 Å². The Morgan fingerprint density at radius 3 is 2.83 bits per heavy atom. The second-order valence-electron chi connectivity index (χ2n) is 4.80. The monoisotopic (exact) mass is 248 g/mol. The topological polar surface area (TPSA) is 56.0 Å². The van der Waals surface area contributed by atoms with E-state index >= 15 is 0 Å². The van der Waals surface area contributed by atoms with E-state index in [1.807, 2.05) is 6.07 Å². The summed E-state index contributed by atoms with van der Waals surface area (Å²) in [6.45, 7) is 0.480. The van der Waals surface area contributed by atoms with Crippen LogP contribution in [0.5, 0.6) is 0 Å². The van der Waals surface area contributed by atoms with Gasteiger partial charge < -0.3 is 10.4 Å². The highest BCUT2D eigenvalue weighted by atomic mass is 19.1. The zero-order chi connectivity index (χ0) is 13.0. The largest absolute Gasteiger partial charge is 0.392 e. The molecule has 96 valence electrons. The minimum atomic E-state index is -0.393. The van der Waals surface area contributed by atoms with Gasteiger partial charge in [0.25, 0.3) is 0 Å². The first kappa shape index (κ1) is 13.0. The Kier molecular flexibility index (Phi) is 4.29. The van der Waals surface area contributed by atoms with Gasteiger partial charge in [0.1, 0.15) is 5.82 Å². The normalized spacial score (nSPS) is 23.6. The van der Waals surface area contributed by atoms with E-state index in [0.717, 1.165) is 31.2 Å². The fourth-order valence-corrected chi connectivity index (χ4v) is 2.42. The van der Waals surface area contributed by atoms with E-state index in [-0.39, 0.29) is 12.1 Å². The number of aliphatic hydroxyl groups excluding tert-OH is 1. The summed E-state index contributed by atoms with van der Waals surface area (Å²) in [5, 5.41) is 21.8. The molecule has 1 aliphatic rings. The van der Waals surface area contributed by atoms with Crippen molar-refractivity contribution >= 4 is 0 Å². The minimum Gasteiger partial charge on any atom is -0.392 e. The van der Waals surface area contributed by atoms with Crippen molar-refractivity contribution in [2.75, 3.05) is 0 Å². The molecular weight excluding hydrogens is 231 g/mol. The molecule has 0 aliphatic heterocycles. The van der Waals surface area contributed by atoms with Crippen molar-refractivity contribution in [2.24, 2.45) is 0 Å². The first-order valence-corrected chi connectivity index (χ1v) is 6.30. The van der Waals surface area contributed by atoms with Crippen LogP contribution in [0.1, 0.15) is 36.8 Å². The number of hydrogen-bond acceptors (Lipinski definition) is 3. The number of rotatable bonds is 3. The molecule has 0 bridgehead atoms. The molecule has 0 radical (unpaired) electrons. The molecule has 0 heterocycles. The SMILES string of the molecule is N#Cc1cc(F)cc(CNC2CCCCC2O)c1. The van der Waals surface area contributed by atoms with Crippen LogP contribution in [0.3, 0.4) is 0 Å². The van der Waals surface area contributed by atoms with E-state index in [1.54, 1.807) is 6.07 Å². The molecule has 2 unspecified atom stereocenters. The molecule has 4 heteroatoms. The fourth-order valence-electron chi connectivity index (χ4n) is 2.42. The van der Waals surface area contributed by atoms with Crippen molar-refractivity contribution in [1.82, 2.24) is 5.32 Å². The lowest BCUT2D eigenvalue weighted by Crippen LogP contribution is -2.41. The Morgan fingerprint density at radius 1 is 1.33 bits per heavy atom. The molecule has 3 nitrogen and oxygen atoms in total. The first-order chi connectivity index (χ1) is 8.69. The Hall–Kier alpha value is -1.44. The van der Waals surface area contributed by atoms with Crippen molar-refractivity contribution < 1.29 is 9.50 Å². The molecule has 1 aromatic rings. The van der Waals surface area contributed by atoms with Crippen molar-refractivity contribution in [1.29, 1.82) is 5.26 Å². The first-order valence-electron chi connectivity index (χ1n) is 6.30. The minimum absolute atomic E-state index is 0.0764. The van der Waals surface area contributed by atoms with Crippen molar-refractivity contribution in [2.45, 2.75) is 44.4 Å². The van der Waals surface area contributed by atoms with Gasteiger partial charge in [-0.25, -0.2) is 4.39 Å². The highest BCUT2D eigenvalue weighted by Crippen LogP contribution is 2.19. The molecule has 18 heavy (non-hydrogen) atoms. The number of benzene rings is 1. The Bertz CT molecular complexity index is 456. The molecule has 1 aliphatic carbocycles. The van der Waals surface area contributed by atoms with E-state index in [9.17, 15) is 9.50 Å². The van der Waals surface area contributed by atoms with Gasteiger partial charge in [0, 0.05) is 12.6 Å². The third kappa shape index (κ3) is 3.28. The van der Waals surface area contributed by atoms with Gasteiger partial charge in [-0.1, -0.05) is 12.8 Å². The summed E-state index contributed by atoms with van der Waals surface area (Å²) in [5.41, 5.74) is 1.07. The molecular formula is C14H17FN2O. The summed E-state index contributed by atoms with van der Waals surface area (Å²) in [6, 6.07) is 6.33. The lowest BCUT2D eigenvalue weighted by atomic mass is 9.92. The van der Waals surface area contributed by atoms with Gasteiger partial charge in [-0.05, 0) is 36.6 Å². The van der Waals surface area contributed by atoms with Gasteiger partial charge in [-0.2, -0.15) is 5.26 Å². The maximum atomic E-state index is 13.2. The highest BCUT2D eigenvalue weighted by Gasteiger charge is 2.22. The summed E-state index contributed by atoms with van der Waals surface area (Å²) in [7, 11) is 0. The van der Waals surface area contributed by atoms with Crippen LogP contribution in [0.2, 0.25) is 0 Å². The summed E-state index contributed by atoms with van der Waals surface area (Å²) >= 11 is 0. The smallest absolute Gasteiger partial charge is 0.124 e.